The maximum absolute atomic E-state index is 14.6. The SMILES string of the molecule is CC(=O)c1nn(CC(=O)N2C[C@H](F)C[C@H]2C(=O)Nc2nc(Br)ccc2C)c2ccc(-c3cnc(OC4CS(=O)(=O)C4)nc3)cc12. The van der Waals surface area contributed by atoms with Crippen LogP contribution in [0.3, 0.4) is 0 Å². The molecule has 0 bridgehead atoms. The van der Waals surface area contributed by atoms with Gasteiger partial charge < -0.3 is 15.0 Å². The van der Waals surface area contributed by atoms with Crippen molar-refractivity contribution >= 4 is 60.1 Å². The molecule has 0 radical (unpaired) electrons. The van der Waals surface area contributed by atoms with E-state index in [4.69, 9.17) is 4.74 Å². The highest BCUT2D eigenvalue weighted by molar-refractivity contribution is 9.10. The second-order valence-electron chi connectivity index (χ2n) is 11.0. The zero-order chi connectivity index (χ0) is 32.0. The van der Waals surface area contributed by atoms with E-state index < -0.39 is 40.0 Å². The molecule has 16 heteroatoms. The molecular weight excluding hydrogens is 673 g/mol. The molecule has 45 heavy (non-hydrogen) atoms. The number of amides is 2. The number of hydrogen-bond acceptors (Lipinski definition) is 10. The zero-order valence-electron chi connectivity index (χ0n) is 24.1. The van der Waals surface area contributed by atoms with E-state index in [1.165, 1.54) is 28.9 Å². The number of aromatic nitrogens is 5. The predicted molar refractivity (Wildman–Crippen MR) is 164 cm³/mol. The number of pyridine rings is 1. The Labute approximate surface area is 265 Å². The van der Waals surface area contributed by atoms with Gasteiger partial charge in [-0.3, -0.25) is 19.1 Å². The largest absolute Gasteiger partial charge is 0.458 e. The van der Waals surface area contributed by atoms with Gasteiger partial charge in [0.15, 0.2) is 15.6 Å². The van der Waals surface area contributed by atoms with Crippen LogP contribution in [-0.4, -0.2) is 92.0 Å². The van der Waals surface area contributed by atoms with Crippen molar-refractivity contribution < 1.29 is 31.9 Å². The van der Waals surface area contributed by atoms with E-state index in [0.717, 1.165) is 0 Å². The van der Waals surface area contributed by atoms with Gasteiger partial charge in [0, 0.05) is 36.7 Å². The lowest BCUT2D eigenvalue weighted by Gasteiger charge is -2.25. The topological polar surface area (TPSA) is 166 Å². The number of rotatable bonds is 8. The third-order valence-corrected chi connectivity index (χ3v) is 9.86. The van der Waals surface area contributed by atoms with E-state index in [1.807, 2.05) is 0 Å². The second kappa shape index (κ2) is 11.9. The summed E-state index contributed by atoms with van der Waals surface area (Å²) in [6, 6.07) is 7.70. The van der Waals surface area contributed by atoms with E-state index >= 15 is 0 Å². The maximum Gasteiger partial charge on any atom is 0.316 e. The minimum atomic E-state index is -3.05. The Morgan fingerprint density at radius 3 is 2.53 bits per heavy atom. The molecule has 6 rings (SSSR count). The standard InChI is InChI=1S/C29H27BrFN7O6S/c1-15-3-6-24(30)34-27(15)35-28(41)23-8-19(31)11-37(23)25(40)12-38-22-5-4-17(7-21(22)26(36-38)16(2)39)18-9-32-29(33-10-18)44-20-13-45(42,43)14-20/h3-7,9-10,19-20,23H,8,11-14H2,1-2H3,(H,34,35,41)/t19-,23+/m1/s1. The molecule has 1 N–H and O–H groups in total. The zero-order valence-corrected chi connectivity index (χ0v) is 26.5. The number of aryl methyl sites for hydroxylation is 1. The van der Waals surface area contributed by atoms with Crippen LogP contribution in [0.4, 0.5) is 10.2 Å². The minimum Gasteiger partial charge on any atom is -0.458 e. The first kappa shape index (κ1) is 30.7. The molecule has 0 saturated carbocycles. The molecule has 13 nitrogen and oxygen atoms in total. The van der Waals surface area contributed by atoms with Gasteiger partial charge in [0.05, 0.1) is 23.6 Å². The highest BCUT2D eigenvalue weighted by Gasteiger charge is 2.40. The molecule has 4 aromatic rings. The number of benzene rings is 1. The van der Waals surface area contributed by atoms with E-state index in [-0.39, 0.29) is 48.5 Å². The Bertz CT molecular complexity index is 1940. The van der Waals surface area contributed by atoms with Gasteiger partial charge in [0.2, 0.25) is 11.8 Å². The molecule has 2 aliphatic rings. The van der Waals surface area contributed by atoms with Crippen LogP contribution in [0.15, 0.2) is 47.3 Å². The number of nitrogens with zero attached hydrogens (tertiary/aromatic N) is 6. The van der Waals surface area contributed by atoms with Gasteiger partial charge in [-0.25, -0.2) is 27.8 Å². The number of ketones is 1. The number of ether oxygens (including phenoxy) is 1. The summed E-state index contributed by atoms with van der Waals surface area (Å²) in [5.74, 6) is -1.23. The van der Waals surface area contributed by atoms with Crippen molar-refractivity contribution in [3.8, 4) is 17.1 Å². The monoisotopic (exact) mass is 699 g/mol. The van der Waals surface area contributed by atoms with Gasteiger partial charge in [-0.2, -0.15) is 5.10 Å². The van der Waals surface area contributed by atoms with Crippen LogP contribution < -0.4 is 10.1 Å². The van der Waals surface area contributed by atoms with Crippen LogP contribution in [-0.2, 0) is 26.0 Å². The lowest BCUT2D eigenvalue weighted by molar-refractivity contribution is -0.137. The van der Waals surface area contributed by atoms with E-state index in [9.17, 15) is 27.2 Å². The maximum atomic E-state index is 14.6. The fraction of sp³-hybridized carbons (Fsp3) is 0.345. The molecule has 0 spiro atoms. The molecule has 2 aliphatic heterocycles. The van der Waals surface area contributed by atoms with Crippen LogP contribution in [0.25, 0.3) is 22.0 Å². The first-order valence-electron chi connectivity index (χ1n) is 14.0. The van der Waals surface area contributed by atoms with Crippen molar-refractivity contribution in [1.82, 2.24) is 29.6 Å². The van der Waals surface area contributed by atoms with Gasteiger partial charge in [-0.15, -0.1) is 0 Å². The summed E-state index contributed by atoms with van der Waals surface area (Å²) in [4.78, 5) is 53.0. The van der Waals surface area contributed by atoms with Gasteiger partial charge in [-0.1, -0.05) is 12.1 Å². The number of alkyl halides is 1. The molecule has 0 aliphatic carbocycles. The van der Waals surface area contributed by atoms with Crippen molar-refractivity contribution in [2.24, 2.45) is 0 Å². The lowest BCUT2D eigenvalue weighted by Crippen LogP contribution is -2.45. The third-order valence-electron chi connectivity index (χ3n) is 7.66. The Hall–Kier alpha value is -4.31. The first-order chi connectivity index (χ1) is 21.4. The van der Waals surface area contributed by atoms with Crippen molar-refractivity contribution in [3.05, 3.63) is 58.6 Å². The second-order valence-corrected chi connectivity index (χ2v) is 14.0. The Morgan fingerprint density at radius 2 is 1.84 bits per heavy atom. The van der Waals surface area contributed by atoms with Gasteiger partial charge in [0.1, 0.15) is 41.0 Å². The number of hydrogen-bond donors (Lipinski definition) is 1. The molecule has 2 amide bonds. The number of carbonyl (C=O) groups is 3. The number of carbonyl (C=O) groups excluding carboxylic acids is 3. The average Bonchev–Trinajstić information content (AvgIpc) is 3.55. The molecular formula is C29H27BrFN7O6S. The van der Waals surface area contributed by atoms with Crippen molar-refractivity contribution in [1.29, 1.82) is 0 Å². The van der Waals surface area contributed by atoms with Crippen LogP contribution in [0.5, 0.6) is 6.01 Å². The minimum absolute atomic E-state index is 0.0583. The summed E-state index contributed by atoms with van der Waals surface area (Å²) in [5.41, 5.74) is 2.62. The van der Waals surface area contributed by atoms with Crippen molar-refractivity contribution in [2.45, 2.75) is 45.1 Å². The van der Waals surface area contributed by atoms with E-state index in [0.29, 0.717) is 38.0 Å². The van der Waals surface area contributed by atoms with Crippen molar-refractivity contribution in [3.63, 3.8) is 0 Å². The fourth-order valence-electron chi connectivity index (χ4n) is 5.36. The summed E-state index contributed by atoms with van der Waals surface area (Å²) in [5, 5.41) is 7.59. The van der Waals surface area contributed by atoms with E-state index in [1.54, 1.807) is 37.3 Å². The number of halogens is 2. The summed E-state index contributed by atoms with van der Waals surface area (Å²) >= 11 is 3.27. The van der Waals surface area contributed by atoms with Crippen LogP contribution in [0.2, 0.25) is 0 Å². The fourth-order valence-corrected chi connectivity index (χ4v) is 6.84. The smallest absolute Gasteiger partial charge is 0.316 e. The highest BCUT2D eigenvalue weighted by Crippen LogP contribution is 2.29. The molecule has 2 fully saturated rings. The van der Waals surface area contributed by atoms with E-state index in [2.05, 4.69) is 41.3 Å². The molecule has 2 saturated heterocycles. The number of sulfone groups is 1. The summed E-state index contributed by atoms with van der Waals surface area (Å²) in [6.45, 7) is 2.57. The van der Waals surface area contributed by atoms with Gasteiger partial charge >= 0.3 is 6.01 Å². The summed E-state index contributed by atoms with van der Waals surface area (Å²) in [7, 11) is -3.05. The Balaban J connectivity index is 1.21. The quantitative estimate of drug-likeness (QED) is 0.213. The Morgan fingerprint density at radius 1 is 1.11 bits per heavy atom. The van der Waals surface area contributed by atoms with Gasteiger partial charge in [-0.05, 0) is 52.2 Å². The molecule has 5 heterocycles. The Kier molecular flexibility index (Phi) is 8.11. The van der Waals surface area contributed by atoms with Crippen LogP contribution in [0.1, 0.15) is 29.4 Å². The third kappa shape index (κ3) is 6.42. The van der Waals surface area contributed by atoms with Crippen molar-refractivity contribution in [2.75, 3.05) is 23.4 Å². The highest BCUT2D eigenvalue weighted by atomic mass is 79.9. The normalized spacial score (nSPS) is 19.3. The lowest BCUT2D eigenvalue weighted by atomic mass is 10.0. The van der Waals surface area contributed by atoms with Gasteiger partial charge in [0.25, 0.3) is 0 Å². The summed E-state index contributed by atoms with van der Waals surface area (Å²) in [6.07, 6.45) is 1.03. The average molecular weight is 701 g/mol. The molecule has 1 aromatic carbocycles. The van der Waals surface area contributed by atoms with Crippen LogP contribution in [0, 0.1) is 6.92 Å². The summed E-state index contributed by atoms with van der Waals surface area (Å²) < 4.78 is 44.7. The number of Topliss-reactive ketones (excluding diaryl/α,β-unsaturated/α-hetero) is 1. The number of fused-ring (bicyclic) bond motifs is 1. The molecule has 234 valence electrons. The van der Waals surface area contributed by atoms with Crippen LogP contribution >= 0.6 is 15.9 Å². The molecule has 3 aromatic heterocycles. The molecule has 0 unspecified atom stereocenters. The predicted octanol–water partition coefficient (Wildman–Crippen LogP) is 2.92. The molecule has 2 atom stereocenters. The number of nitrogens with one attached hydrogen (secondary N) is 1. The first-order valence-corrected chi connectivity index (χ1v) is 16.6. The number of anilines is 1. The number of likely N-dealkylation sites (tertiary alicyclic amines) is 1.